The number of aromatic nitrogens is 6. The molecule has 2 unspecified atom stereocenters. The van der Waals surface area contributed by atoms with Crippen molar-refractivity contribution >= 4 is 44.6 Å². The number of esters is 2. The lowest BCUT2D eigenvalue weighted by Crippen LogP contribution is -2.50. The summed E-state index contributed by atoms with van der Waals surface area (Å²) in [6.45, 7) is 8.65. The number of carbonyl (C=O) groups excluding carboxylic acids is 2. The number of aryl methyl sites for hydroxylation is 1. The second-order valence-electron chi connectivity index (χ2n) is 12.3. The zero-order chi connectivity index (χ0) is 33.7. The fraction of sp³-hybridized carbons (Fsp3) is 0.583. The van der Waals surface area contributed by atoms with Gasteiger partial charge in [-0.2, -0.15) is 4.31 Å². The largest absolute Gasteiger partial charge is 0.480 e. The van der Waals surface area contributed by atoms with Crippen LogP contribution in [0, 0.1) is 10.8 Å². The van der Waals surface area contributed by atoms with Crippen molar-refractivity contribution in [2.75, 3.05) is 12.3 Å². The number of anilines is 1. The van der Waals surface area contributed by atoms with Crippen LogP contribution in [0.5, 0.6) is 0 Å². The molecule has 5 N–H and O–H groups in total. The summed E-state index contributed by atoms with van der Waals surface area (Å²) < 4.78 is 56.0. The van der Waals surface area contributed by atoms with Crippen LogP contribution < -0.4 is 15.9 Å². The number of ether oxygens (including phenoxy) is 3. The Balaban J connectivity index is 1.76. The molecule has 3 aromatic heterocycles. The fourth-order valence-corrected chi connectivity index (χ4v) is 6.51. The summed E-state index contributed by atoms with van der Waals surface area (Å²) >= 11 is 0. The maximum Gasteiger partial charge on any atom is 0.480 e. The van der Waals surface area contributed by atoms with E-state index in [4.69, 9.17) is 24.5 Å². The molecule has 1 fully saturated rings. The van der Waals surface area contributed by atoms with Crippen molar-refractivity contribution in [3.05, 3.63) is 35.4 Å². The number of aromatic amines is 1. The Morgan fingerprint density at radius 1 is 1.11 bits per heavy atom. The van der Waals surface area contributed by atoms with E-state index >= 15 is 0 Å². The van der Waals surface area contributed by atoms with Gasteiger partial charge in [0.25, 0.3) is 11.5 Å². The maximum atomic E-state index is 13.2. The van der Waals surface area contributed by atoms with E-state index in [0.29, 0.717) is 4.34 Å². The highest BCUT2D eigenvalue weighted by molar-refractivity contribution is 7.63. The van der Waals surface area contributed by atoms with Gasteiger partial charge >= 0.3 is 33.2 Å². The molecule has 1 saturated heterocycles. The molecule has 4 rings (SSSR count). The number of nitrogens with zero attached hydrogens (tertiary/aromatic N) is 5. The van der Waals surface area contributed by atoms with Crippen molar-refractivity contribution in [3.63, 3.8) is 0 Å². The summed E-state index contributed by atoms with van der Waals surface area (Å²) in [6.07, 6.45) is -1.19. The van der Waals surface area contributed by atoms with Crippen LogP contribution in [-0.2, 0) is 48.8 Å². The van der Waals surface area contributed by atoms with E-state index in [1.165, 1.54) is 15.5 Å². The number of H-pyrrole nitrogens is 1. The van der Waals surface area contributed by atoms with Crippen molar-refractivity contribution in [2.24, 2.45) is 17.9 Å². The van der Waals surface area contributed by atoms with Crippen LogP contribution in [-0.4, -0.2) is 70.5 Å². The third-order valence-electron chi connectivity index (χ3n) is 6.45. The number of nitrogens with one attached hydrogen (secondary N) is 1. The van der Waals surface area contributed by atoms with Crippen LogP contribution in [0.1, 0.15) is 47.8 Å². The molecule has 1 aliphatic heterocycles. The quantitative estimate of drug-likeness (QED) is 0.140. The van der Waals surface area contributed by atoms with Crippen molar-refractivity contribution in [2.45, 2.75) is 66.1 Å². The van der Waals surface area contributed by atoms with E-state index in [2.05, 4.69) is 19.3 Å². The lowest BCUT2D eigenvalue weighted by molar-refractivity contribution is -0.745. The molecule has 1 aliphatic rings. The van der Waals surface area contributed by atoms with Crippen molar-refractivity contribution < 1.29 is 56.1 Å². The monoisotopic (exact) mass is 676 g/mol. The van der Waals surface area contributed by atoms with Gasteiger partial charge in [0, 0.05) is 12.4 Å². The van der Waals surface area contributed by atoms with Gasteiger partial charge in [0.15, 0.2) is 18.5 Å². The molecular weight excluding hydrogens is 640 g/mol. The van der Waals surface area contributed by atoms with E-state index < -0.39 is 75.0 Å². The molecule has 4 heterocycles. The van der Waals surface area contributed by atoms with Crippen molar-refractivity contribution in [3.8, 4) is 0 Å². The molecule has 0 bridgehead atoms. The molecule has 0 aromatic carbocycles. The predicted molar refractivity (Wildman–Crippen MR) is 153 cm³/mol. The smallest absolute Gasteiger partial charge is 0.455 e. The van der Waals surface area contributed by atoms with E-state index in [-0.39, 0.29) is 17.1 Å². The number of rotatable bonds is 9. The minimum absolute atomic E-state index is 0.0146. The number of hydrogen-bond donors (Lipinski definition) is 4. The van der Waals surface area contributed by atoms with Crippen LogP contribution in [0.15, 0.2) is 29.8 Å². The number of fused-ring (bicyclic) bond motifs is 1. The third kappa shape index (κ3) is 7.52. The van der Waals surface area contributed by atoms with E-state index in [1.54, 1.807) is 48.6 Å². The second-order valence-corrected chi connectivity index (χ2v) is 15.6. The SMILES string of the molecule is Cn1c[n+]([C@@H]2O[C@H](COP(=O)(O)OP(=O)(O)n3ccnc3)[C@@H](OC(=O)C(C)(C)C)[C@H]2OC(=O)C(C)(C)C)c2nc(N)[nH]c(=O)c21. The van der Waals surface area contributed by atoms with E-state index in [1.807, 2.05) is 0 Å². The maximum absolute atomic E-state index is 13.2. The Hall–Kier alpha value is -3.44. The highest BCUT2D eigenvalue weighted by Crippen LogP contribution is 2.60. The molecule has 21 heteroatoms. The Morgan fingerprint density at radius 2 is 1.71 bits per heavy atom. The van der Waals surface area contributed by atoms with Gasteiger partial charge in [-0.25, -0.2) is 23.0 Å². The van der Waals surface area contributed by atoms with Gasteiger partial charge < -0.3 is 29.7 Å². The van der Waals surface area contributed by atoms with Gasteiger partial charge in [-0.3, -0.25) is 28.5 Å². The molecule has 45 heavy (non-hydrogen) atoms. The number of nitrogens with two attached hydrogens (primary N) is 1. The van der Waals surface area contributed by atoms with Gasteiger partial charge in [-0.1, -0.05) is 4.98 Å². The summed E-state index contributed by atoms with van der Waals surface area (Å²) in [6, 6.07) is 0. The number of imidazole rings is 2. The Bertz CT molecular complexity index is 1740. The fourth-order valence-electron chi connectivity index (χ4n) is 4.16. The number of phosphoric acid groups is 1. The Kier molecular flexibility index (Phi) is 9.23. The van der Waals surface area contributed by atoms with Crippen LogP contribution in [0.3, 0.4) is 0 Å². The highest BCUT2D eigenvalue weighted by Gasteiger charge is 2.55. The summed E-state index contributed by atoms with van der Waals surface area (Å²) in [5, 5.41) is 0. The normalized spacial score (nSPS) is 23.4. The lowest BCUT2D eigenvalue weighted by atomic mass is 9.96. The van der Waals surface area contributed by atoms with Gasteiger partial charge in [-0.15, -0.1) is 0 Å². The van der Waals surface area contributed by atoms with E-state index in [0.717, 1.165) is 18.7 Å². The number of carbonyl (C=O) groups is 2. The third-order valence-corrected chi connectivity index (χ3v) is 9.43. The average molecular weight is 677 g/mol. The minimum Gasteiger partial charge on any atom is -0.455 e. The summed E-state index contributed by atoms with van der Waals surface area (Å²) in [4.78, 5) is 69.6. The summed E-state index contributed by atoms with van der Waals surface area (Å²) in [5.74, 6) is -1.69. The standard InChI is InChI=1S/C24H35N7O12P2/c1-23(2,3)20(33)41-15-13(10-39-45(37,38)43-44(35,36)30-9-8-26-11-30)40-19(16(15)42-21(34)24(4,5)6)31-12-29(7)14-17(31)27-22(25)28-18(14)32/h8-9,11-13,15-16,19H,10H2,1-7H3,(H4-,25,27,28,32,35,36,37,38)/p+1/t13-,15-,16-,19-/m1/s1. The zero-order valence-corrected chi connectivity index (χ0v) is 27.3. The molecule has 0 aliphatic carbocycles. The topological polar surface area (TPSA) is 253 Å². The number of hydrogen-bond acceptors (Lipinski definition) is 13. The van der Waals surface area contributed by atoms with Crippen molar-refractivity contribution in [1.82, 2.24) is 23.9 Å². The van der Waals surface area contributed by atoms with Crippen LogP contribution in [0.4, 0.5) is 5.95 Å². The van der Waals surface area contributed by atoms with Crippen LogP contribution in [0.2, 0.25) is 0 Å². The Labute approximate surface area is 256 Å². The molecule has 6 atom stereocenters. The first-order chi connectivity index (χ1) is 20.6. The minimum atomic E-state index is -5.29. The van der Waals surface area contributed by atoms with Gasteiger partial charge in [-0.05, 0) is 41.5 Å². The zero-order valence-electron chi connectivity index (χ0n) is 25.5. The van der Waals surface area contributed by atoms with Gasteiger partial charge in [0.2, 0.25) is 11.7 Å². The first-order valence-corrected chi connectivity index (χ1v) is 16.5. The van der Waals surface area contributed by atoms with Crippen molar-refractivity contribution in [1.29, 1.82) is 0 Å². The molecule has 0 spiro atoms. The van der Waals surface area contributed by atoms with Crippen LogP contribution >= 0.6 is 15.6 Å². The van der Waals surface area contributed by atoms with E-state index in [9.17, 15) is 33.3 Å². The predicted octanol–water partition coefficient (Wildman–Crippen LogP) is 0.923. The molecule has 19 nitrogen and oxygen atoms in total. The molecule has 3 aromatic rings. The molecule has 248 valence electrons. The molecule has 0 amide bonds. The van der Waals surface area contributed by atoms with Crippen LogP contribution in [0.25, 0.3) is 11.2 Å². The van der Waals surface area contributed by atoms with Gasteiger partial charge in [0.05, 0.1) is 24.5 Å². The van der Waals surface area contributed by atoms with Gasteiger partial charge in [0.1, 0.15) is 12.4 Å². The first kappa shape index (κ1) is 34.4. The lowest BCUT2D eigenvalue weighted by Gasteiger charge is -2.28. The molecule has 0 radical (unpaired) electrons. The molecular formula is C24H36N7O12P2+. The first-order valence-electron chi connectivity index (χ1n) is 13.4. The number of phosphoric ester groups is 1. The highest BCUT2D eigenvalue weighted by atomic mass is 31.3. The second kappa shape index (κ2) is 12.1. The number of nitrogen functional groups attached to an aromatic ring is 1. The molecule has 0 saturated carbocycles. The Morgan fingerprint density at radius 3 is 2.27 bits per heavy atom. The summed E-state index contributed by atoms with van der Waals surface area (Å²) in [7, 11) is -8.67. The average Bonchev–Trinajstić information content (AvgIpc) is 3.61. The summed E-state index contributed by atoms with van der Waals surface area (Å²) in [5.41, 5.74) is 3.21.